The van der Waals surface area contributed by atoms with E-state index in [0.29, 0.717) is 6.42 Å². The molecule has 0 aliphatic rings. The quantitative estimate of drug-likeness (QED) is 0.819. The predicted octanol–water partition coefficient (Wildman–Crippen LogP) is 3.73. The van der Waals surface area contributed by atoms with Crippen molar-refractivity contribution in [3.63, 3.8) is 0 Å². The van der Waals surface area contributed by atoms with Gasteiger partial charge in [0.05, 0.1) is 0 Å². The van der Waals surface area contributed by atoms with Crippen LogP contribution in [-0.2, 0) is 6.42 Å². The highest BCUT2D eigenvalue weighted by Crippen LogP contribution is 2.23. The molecule has 0 aliphatic carbocycles. The molecule has 0 amide bonds. The number of nitrogens with one attached hydrogen (secondary N) is 2. The average Bonchev–Trinajstić information content (AvgIpc) is 2.77. The molecule has 0 saturated carbocycles. The fraction of sp³-hybridized carbons (Fsp3) is 0.467. The molecule has 2 aromatic rings. The number of halogens is 2. The highest BCUT2D eigenvalue weighted by molar-refractivity contribution is 5.83. The molecule has 0 aliphatic heterocycles. The lowest BCUT2D eigenvalue weighted by molar-refractivity contribution is 0.00850. The number of H-pyrrole nitrogens is 1. The molecule has 0 fully saturated rings. The third kappa shape index (κ3) is 3.77. The highest BCUT2D eigenvalue weighted by atomic mass is 19.3. The number of hydrogen-bond donors (Lipinski definition) is 2. The van der Waals surface area contributed by atoms with Gasteiger partial charge in [-0.05, 0) is 38.4 Å². The number of alkyl halides is 2. The Bertz CT molecular complexity index is 528. The van der Waals surface area contributed by atoms with Crippen molar-refractivity contribution in [2.75, 3.05) is 7.05 Å². The Morgan fingerprint density at radius 2 is 2.05 bits per heavy atom. The Labute approximate surface area is 112 Å². The summed E-state index contributed by atoms with van der Waals surface area (Å²) in [6.45, 7) is 0.978. The van der Waals surface area contributed by atoms with Gasteiger partial charge < -0.3 is 10.3 Å². The third-order valence-corrected chi connectivity index (χ3v) is 3.48. The molecule has 1 unspecified atom stereocenters. The Morgan fingerprint density at radius 3 is 2.74 bits per heavy atom. The van der Waals surface area contributed by atoms with E-state index in [0.717, 1.165) is 18.9 Å². The van der Waals surface area contributed by atoms with Gasteiger partial charge in [-0.1, -0.05) is 18.2 Å². The van der Waals surface area contributed by atoms with Crippen molar-refractivity contribution < 1.29 is 8.78 Å². The molecule has 0 saturated heterocycles. The van der Waals surface area contributed by atoms with Crippen molar-refractivity contribution in [2.24, 2.45) is 0 Å². The summed E-state index contributed by atoms with van der Waals surface area (Å²) in [6.07, 6.45) is 3.12. The first kappa shape index (κ1) is 14.0. The van der Waals surface area contributed by atoms with Crippen LogP contribution < -0.4 is 5.32 Å². The Kier molecular flexibility index (Phi) is 4.20. The number of rotatable bonds is 6. The zero-order chi connectivity index (χ0) is 13.9. The number of benzene rings is 1. The first-order chi connectivity index (χ1) is 8.99. The van der Waals surface area contributed by atoms with E-state index in [9.17, 15) is 8.78 Å². The molecule has 0 radical (unpaired) electrons. The van der Waals surface area contributed by atoms with Crippen LogP contribution in [0.1, 0.15) is 25.3 Å². The van der Waals surface area contributed by atoms with Crippen LogP contribution in [0.4, 0.5) is 8.78 Å². The van der Waals surface area contributed by atoms with Crippen LogP contribution in [0.5, 0.6) is 0 Å². The average molecular weight is 266 g/mol. The van der Waals surface area contributed by atoms with Crippen molar-refractivity contribution in [2.45, 2.75) is 38.2 Å². The maximum absolute atomic E-state index is 12.9. The smallest absolute Gasteiger partial charge is 0.245 e. The lowest BCUT2D eigenvalue weighted by atomic mass is 10.00. The minimum atomic E-state index is -2.59. The number of aromatic nitrogens is 1. The first-order valence-electron chi connectivity index (χ1n) is 6.59. The van der Waals surface area contributed by atoms with Crippen LogP contribution in [0.15, 0.2) is 30.5 Å². The van der Waals surface area contributed by atoms with Gasteiger partial charge in [0.25, 0.3) is 0 Å². The molecule has 1 heterocycles. The van der Waals surface area contributed by atoms with Crippen molar-refractivity contribution in [1.82, 2.24) is 10.3 Å². The summed E-state index contributed by atoms with van der Waals surface area (Å²) in [5.41, 5.74) is 2.27. The fourth-order valence-electron chi connectivity index (χ4n) is 2.34. The summed E-state index contributed by atoms with van der Waals surface area (Å²) in [7, 11) is 1.83. The van der Waals surface area contributed by atoms with Gasteiger partial charge in [-0.15, -0.1) is 0 Å². The SMILES string of the molecule is CNC(CCC(C)(F)F)Cc1c[nH]c2ccccc12. The van der Waals surface area contributed by atoms with Gasteiger partial charge in [-0.2, -0.15) is 0 Å². The second kappa shape index (κ2) is 5.70. The van der Waals surface area contributed by atoms with Gasteiger partial charge >= 0.3 is 0 Å². The summed E-state index contributed by atoms with van der Waals surface area (Å²) >= 11 is 0. The van der Waals surface area contributed by atoms with Crippen molar-refractivity contribution >= 4 is 10.9 Å². The molecule has 104 valence electrons. The predicted molar refractivity (Wildman–Crippen MR) is 74.7 cm³/mol. The Balaban J connectivity index is 2.06. The number of likely N-dealkylation sites (N-methyl/N-ethyl adjacent to an activating group) is 1. The van der Waals surface area contributed by atoms with E-state index in [4.69, 9.17) is 0 Å². The normalized spacial score (nSPS) is 13.9. The van der Waals surface area contributed by atoms with Crippen molar-refractivity contribution in [3.05, 3.63) is 36.0 Å². The zero-order valence-electron chi connectivity index (χ0n) is 11.3. The lowest BCUT2D eigenvalue weighted by Gasteiger charge is -2.18. The topological polar surface area (TPSA) is 27.8 Å². The van der Waals surface area contributed by atoms with Gasteiger partial charge in [0, 0.05) is 29.6 Å². The summed E-state index contributed by atoms with van der Waals surface area (Å²) in [6, 6.07) is 8.13. The molecule has 0 bridgehead atoms. The van der Waals surface area contributed by atoms with Crippen molar-refractivity contribution in [3.8, 4) is 0 Å². The van der Waals surface area contributed by atoms with E-state index < -0.39 is 5.92 Å². The second-order valence-electron chi connectivity index (χ2n) is 5.16. The molecular formula is C15H20F2N2. The van der Waals surface area contributed by atoms with Crippen LogP contribution in [0.25, 0.3) is 10.9 Å². The van der Waals surface area contributed by atoms with Crippen LogP contribution >= 0.6 is 0 Å². The Hall–Kier alpha value is -1.42. The molecule has 0 spiro atoms. The van der Waals surface area contributed by atoms with Crippen molar-refractivity contribution in [1.29, 1.82) is 0 Å². The molecule has 1 atom stereocenters. The van der Waals surface area contributed by atoms with Gasteiger partial charge in [0.1, 0.15) is 0 Å². The molecular weight excluding hydrogens is 246 g/mol. The van der Waals surface area contributed by atoms with E-state index in [1.165, 1.54) is 10.9 Å². The largest absolute Gasteiger partial charge is 0.361 e. The second-order valence-corrected chi connectivity index (χ2v) is 5.16. The fourth-order valence-corrected chi connectivity index (χ4v) is 2.34. The maximum Gasteiger partial charge on any atom is 0.245 e. The molecule has 1 aromatic heterocycles. The molecule has 4 heteroatoms. The van der Waals surface area contributed by atoms with Crippen LogP contribution in [-0.4, -0.2) is 24.0 Å². The minimum Gasteiger partial charge on any atom is -0.361 e. The summed E-state index contributed by atoms with van der Waals surface area (Å²) < 4.78 is 25.8. The van der Waals surface area contributed by atoms with Gasteiger partial charge in [0.15, 0.2) is 0 Å². The maximum atomic E-state index is 12.9. The van der Waals surface area contributed by atoms with E-state index in [1.807, 2.05) is 31.4 Å². The van der Waals surface area contributed by atoms with Crippen LogP contribution in [0, 0.1) is 0 Å². The van der Waals surface area contributed by atoms with Gasteiger partial charge in [-0.3, -0.25) is 0 Å². The van der Waals surface area contributed by atoms with E-state index in [2.05, 4.69) is 16.4 Å². The molecule has 2 rings (SSSR count). The summed E-state index contributed by atoms with van der Waals surface area (Å²) in [4.78, 5) is 3.21. The summed E-state index contributed by atoms with van der Waals surface area (Å²) in [5.74, 6) is -2.59. The Morgan fingerprint density at radius 1 is 1.32 bits per heavy atom. The number of hydrogen-bond acceptors (Lipinski definition) is 1. The third-order valence-electron chi connectivity index (χ3n) is 3.48. The van der Waals surface area contributed by atoms with Gasteiger partial charge in [-0.25, -0.2) is 8.78 Å². The molecule has 1 aromatic carbocycles. The highest BCUT2D eigenvalue weighted by Gasteiger charge is 2.23. The lowest BCUT2D eigenvalue weighted by Crippen LogP contribution is -2.29. The van der Waals surface area contributed by atoms with E-state index in [1.54, 1.807) is 0 Å². The standard InChI is InChI=1S/C15H20F2N2/c1-15(16,17)8-7-12(18-2)9-11-10-19-14-6-4-3-5-13(11)14/h3-6,10,12,18-19H,7-9H2,1-2H3. The number of fused-ring (bicyclic) bond motifs is 1. The summed E-state index contributed by atoms with van der Waals surface area (Å²) in [5, 5.41) is 4.30. The number of para-hydroxylation sites is 1. The minimum absolute atomic E-state index is 0.0741. The van der Waals surface area contributed by atoms with Gasteiger partial charge in [0.2, 0.25) is 5.92 Å². The van der Waals surface area contributed by atoms with Crippen LogP contribution in [0.3, 0.4) is 0 Å². The van der Waals surface area contributed by atoms with E-state index >= 15 is 0 Å². The zero-order valence-corrected chi connectivity index (χ0v) is 11.3. The monoisotopic (exact) mass is 266 g/mol. The van der Waals surface area contributed by atoms with Crippen LogP contribution in [0.2, 0.25) is 0 Å². The molecule has 2 N–H and O–H groups in total. The first-order valence-corrected chi connectivity index (χ1v) is 6.59. The molecule has 2 nitrogen and oxygen atoms in total. The number of aromatic amines is 1. The molecule has 19 heavy (non-hydrogen) atoms. The van der Waals surface area contributed by atoms with E-state index in [-0.39, 0.29) is 12.5 Å².